The molecule has 0 radical (unpaired) electrons. The molecule has 0 spiro atoms. The number of anilines is 2. The molecule has 0 amide bonds. The quantitative estimate of drug-likeness (QED) is 0.115. The molecule has 0 aliphatic rings. The number of hydrogen-bond donors (Lipinski definition) is 2. The highest BCUT2D eigenvalue weighted by Gasteiger charge is 2.13. The lowest BCUT2D eigenvalue weighted by atomic mass is 10.2. The fraction of sp³-hybridized carbons (Fsp3) is 0.294. The van der Waals surface area contributed by atoms with Gasteiger partial charge in [0.15, 0.2) is 0 Å². The van der Waals surface area contributed by atoms with Gasteiger partial charge in [-0.3, -0.25) is 14.3 Å². The molecule has 3 aromatic heterocycles. The number of aromatic amines is 2. The molecular weight excluding hydrogens is 805 g/mol. The minimum Gasteiger partial charge on any atom is -0.342 e. The van der Waals surface area contributed by atoms with Crippen LogP contribution < -0.4 is 21.0 Å². The van der Waals surface area contributed by atoms with Crippen molar-refractivity contribution in [1.82, 2.24) is 39.7 Å². The number of hydrogen-bond acceptors (Lipinski definition) is 11. The van der Waals surface area contributed by atoms with E-state index in [1.54, 1.807) is 24.3 Å². The average molecular weight is 845 g/mol. The summed E-state index contributed by atoms with van der Waals surface area (Å²) >= 11 is 26.5. The first-order chi connectivity index (χ1) is 24.9. The molecule has 0 aliphatic heterocycles. The maximum Gasteiger partial charge on any atom is 0.339 e. The summed E-state index contributed by atoms with van der Waals surface area (Å²) in [6, 6.07) is 22.2. The van der Waals surface area contributed by atoms with Crippen molar-refractivity contribution < 1.29 is 4.57 Å². The van der Waals surface area contributed by atoms with E-state index >= 15 is 0 Å². The van der Waals surface area contributed by atoms with Crippen molar-refractivity contribution in [2.45, 2.75) is 0 Å². The number of H-pyrrole nitrogens is 2. The Balaban J connectivity index is 0.000000247. The molecule has 6 aromatic rings. The summed E-state index contributed by atoms with van der Waals surface area (Å²) in [6.45, 7) is 3.62. The number of likely N-dealkylation sites (N-methyl/N-ethyl adjacent to an activating group) is 4. The van der Waals surface area contributed by atoms with Crippen LogP contribution in [-0.4, -0.2) is 108 Å². The molecule has 0 saturated heterocycles. The molecular formula is C34H40Cl5N10O3P. The van der Waals surface area contributed by atoms with E-state index < -0.39 is 10.9 Å². The number of aromatic nitrogens is 6. The van der Waals surface area contributed by atoms with Crippen molar-refractivity contribution in [3.63, 3.8) is 0 Å². The summed E-state index contributed by atoms with van der Waals surface area (Å²) in [7, 11) is 12.2. The minimum absolute atomic E-state index is 0.352. The van der Waals surface area contributed by atoms with Crippen molar-refractivity contribution in [2.75, 3.05) is 78.3 Å². The fourth-order valence-corrected chi connectivity index (χ4v) is 4.88. The molecule has 0 saturated carbocycles. The summed E-state index contributed by atoms with van der Waals surface area (Å²) in [5, 5.41) is -0.136. The lowest BCUT2D eigenvalue weighted by molar-refractivity contribution is 0.320. The normalized spacial score (nSPS) is 11.0. The van der Waals surface area contributed by atoms with Gasteiger partial charge in [0, 0.05) is 51.0 Å². The smallest absolute Gasteiger partial charge is 0.339 e. The largest absolute Gasteiger partial charge is 0.342 e. The first-order valence-corrected chi connectivity index (χ1v) is 21.1. The SMILES string of the molecule is CN(C)CCN(C)C.CN(CCN(C)c1nc(Cl)c2ccccc2n1)c1nc(Cl)c2ccccc2n1.O=P(Cl)(Cl)Cl.O=c1[nH]c(=O)c2ccccc2[nH]1. The Bertz CT molecular complexity index is 2160. The van der Waals surface area contributed by atoms with Gasteiger partial charge in [0.25, 0.3) is 5.56 Å². The third-order valence-corrected chi connectivity index (χ3v) is 7.76. The lowest BCUT2D eigenvalue weighted by Crippen LogP contribution is -2.32. The molecule has 2 N–H and O–H groups in total. The lowest BCUT2D eigenvalue weighted by Gasteiger charge is -2.23. The Morgan fingerprint density at radius 1 is 0.566 bits per heavy atom. The molecule has 0 unspecified atom stereocenters. The summed E-state index contributed by atoms with van der Waals surface area (Å²) in [6.07, 6.45) is 0. The minimum atomic E-state index is -3.22. The van der Waals surface area contributed by atoms with Crippen LogP contribution >= 0.6 is 62.1 Å². The van der Waals surface area contributed by atoms with Gasteiger partial charge in [0.2, 0.25) is 11.9 Å². The topological polar surface area (TPSA) is 147 Å². The zero-order chi connectivity index (χ0) is 39.3. The summed E-state index contributed by atoms with van der Waals surface area (Å²) in [5.74, 6) is 1.16. The summed E-state index contributed by atoms with van der Waals surface area (Å²) < 4.78 is 9.51. The number of benzene rings is 3. The van der Waals surface area contributed by atoms with Crippen LogP contribution in [0.3, 0.4) is 0 Å². The number of para-hydroxylation sites is 3. The predicted octanol–water partition coefficient (Wildman–Crippen LogP) is 7.59. The Kier molecular flexibility index (Phi) is 17.2. The van der Waals surface area contributed by atoms with Gasteiger partial charge in [-0.15, -0.1) is 0 Å². The first kappa shape index (κ1) is 43.9. The maximum absolute atomic E-state index is 11.1. The van der Waals surface area contributed by atoms with E-state index in [9.17, 15) is 14.2 Å². The van der Waals surface area contributed by atoms with Crippen LogP contribution in [0.5, 0.6) is 0 Å². The van der Waals surface area contributed by atoms with Gasteiger partial charge >= 0.3 is 10.9 Å². The number of rotatable bonds is 8. The van der Waals surface area contributed by atoms with E-state index in [-0.39, 0.29) is 5.56 Å². The monoisotopic (exact) mass is 842 g/mol. The van der Waals surface area contributed by atoms with Crippen LogP contribution in [0.1, 0.15) is 0 Å². The Morgan fingerprint density at radius 2 is 0.943 bits per heavy atom. The molecule has 284 valence electrons. The predicted molar refractivity (Wildman–Crippen MR) is 223 cm³/mol. The van der Waals surface area contributed by atoms with Crippen molar-refractivity contribution in [3.05, 3.63) is 104 Å². The van der Waals surface area contributed by atoms with Gasteiger partial charge in [-0.05, 0) is 98.3 Å². The maximum atomic E-state index is 11.1. The second-order valence-electron chi connectivity index (χ2n) is 12.0. The number of nitrogens with one attached hydrogen (secondary N) is 2. The van der Waals surface area contributed by atoms with Crippen LogP contribution in [0.4, 0.5) is 11.9 Å². The van der Waals surface area contributed by atoms with Crippen LogP contribution in [0, 0.1) is 0 Å². The summed E-state index contributed by atoms with van der Waals surface area (Å²) in [5.41, 5.74) is 1.38. The second kappa shape index (κ2) is 20.8. The van der Waals surface area contributed by atoms with Gasteiger partial charge in [-0.2, -0.15) is 0 Å². The second-order valence-corrected chi connectivity index (χ2v) is 19.3. The Labute approximate surface area is 331 Å². The molecule has 6 rings (SSSR count). The number of halogens is 5. The molecule has 0 fully saturated rings. The van der Waals surface area contributed by atoms with Crippen molar-refractivity contribution in [3.8, 4) is 0 Å². The first-order valence-electron chi connectivity index (χ1n) is 15.9. The number of nitrogens with zero attached hydrogens (tertiary/aromatic N) is 8. The number of fused-ring (bicyclic) bond motifs is 3. The van der Waals surface area contributed by atoms with Gasteiger partial charge in [-0.1, -0.05) is 59.6 Å². The molecule has 0 bridgehead atoms. The van der Waals surface area contributed by atoms with Crippen molar-refractivity contribution in [2.24, 2.45) is 0 Å². The fourth-order valence-electron chi connectivity index (χ4n) is 4.41. The van der Waals surface area contributed by atoms with E-state index in [1.165, 1.54) is 0 Å². The standard InChI is InChI=1S/C20H18Cl2N6.C8H6N2O2.C6H16N2.Cl3OP/c1-27(19-23-15-9-5-3-7-13(15)17(21)25-19)11-12-28(2)20-24-16-10-6-4-8-14(16)18(22)26-20;11-7-5-3-1-2-4-6(5)9-8(12)10-7;1-7(2)5-6-8(3)4;1-5(2,3)4/h3-10H,11-12H2,1-2H3;1-4H,(H2,9,10,11,12);5-6H2,1-4H3;. The van der Waals surface area contributed by atoms with Crippen LogP contribution in [0.2, 0.25) is 10.3 Å². The Hall–Kier alpha value is -3.52. The van der Waals surface area contributed by atoms with Gasteiger partial charge in [0.1, 0.15) is 10.3 Å². The molecule has 3 heterocycles. The van der Waals surface area contributed by atoms with E-state index in [0.717, 1.165) is 34.9 Å². The van der Waals surface area contributed by atoms with E-state index in [4.69, 9.17) is 23.2 Å². The zero-order valence-corrected chi connectivity index (χ0v) is 34.6. The highest BCUT2D eigenvalue weighted by atomic mass is 36.0. The van der Waals surface area contributed by atoms with Crippen LogP contribution in [-0.2, 0) is 4.57 Å². The van der Waals surface area contributed by atoms with E-state index in [2.05, 4.69) is 102 Å². The van der Waals surface area contributed by atoms with Crippen LogP contribution in [0.25, 0.3) is 32.7 Å². The molecule has 19 heteroatoms. The molecule has 0 aliphatic carbocycles. The average Bonchev–Trinajstić information content (AvgIpc) is 3.09. The van der Waals surface area contributed by atoms with E-state index in [1.807, 2.05) is 72.4 Å². The third-order valence-electron chi connectivity index (χ3n) is 7.18. The van der Waals surface area contributed by atoms with E-state index in [0.29, 0.717) is 46.2 Å². The van der Waals surface area contributed by atoms with Crippen LogP contribution in [0.15, 0.2) is 82.4 Å². The third kappa shape index (κ3) is 15.0. The highest BCUT2D eigenvalue weighted by Crippen LogP contribution is 2.61. The molecule has 3 aromatic carbocycles. The highest BCUT2D eigenvalue weighted by molar-refractivity contribution is 8.24. The molecule has 53 heavy (non-hydrogen) atoms. The van der Waals surface area contributed by atoms with Gasteiger partial charge < -0.3 is 24.6 Å². The summed E-state index contributed by atoms with van der Waals surface area (Å²) in [4.78, 5) is 52.9. The van der Waals surface area contributed by atoms with Gasteiger partial charge in [0.05, 0.1) is 21.9 Å². The zero-order valence-electron chi connectivity index (χ0n) is 29.9. The van der Waals surface area contributed by atoms with Gasteiger partial charge in [-0.25, -0.2) is 24.7 Å². The van der Waals surface area contributed by atoms with Crippen molar-refractivity contribution >= 4 is 107 Å². The Morgan fingerprint density at radius 3 is 1.36 bits per heavy atom. The molecule has 0 atom stereocenters. The molecule has 13 nitrogen and oxygen atoms in total. The van der Waals surface area contributed by atoms with Crippen molar-refractivity contribution in [1.29, 1.82) is 0 Å².